The number of hydrogen-bond donors (Lipinski definition) is 1. The molecule has 106 valence electrons. The summed E-state index contributed by atoms with van der Waals surface area (Å²) in [5.41, 5.74) is 1.12. The van der Waals surface area contributed by atoms with Gasteiger partial charge in [0.25, 0.3) is 0 Å². The van der Waals surface area contributed by atoms with Crippen molar-refractivity contribution in [1.82, 2.24) is 5.32 Å². The zero-order valence-corrected chi connectivity index (χ0v) is 11.7. The van der Waals surface area contributed by atoms with E-state index >= 15 is 0 Å². The summed E-state index contributed by atoms with van der Waals surface area (Å²) in [6.45, 7) is 3.53. The van der Waals surface area contributed by atoms with E-state index in [0.29, 0.717) is 18.1 Å². The third-order valence-corrected chi connectivity index (χ3v) is 2.48. The Morgan fingerprint density at radius 2 is 2.05 bits per heavy atom. The van der Waals surface area contributed by atoms with Crippen LogP contribution in [0, 0.1) is 0 Å². The zero-order chi connectivity index (χ0) is 14.1. The maximum Gasteiger partial charge on any atom is 0.308 e. The number of methoxy groups -OCH3 is 1. The number of carbonyl (C=O) groups is 1. The Morgan fingerprint density at radius 1 is 1.26 bits per heavy atom. The molecule has 0 amide bonds. The molecule has 0 aliphatic carbocycles. The first-order chi connectivity index (χ1) is 9.21. The summed E-state index contributed by atoms with van der Waals surface area (Å²) in [7, 11) is 3.25. The molecule has 0 aromatic heterocycles. The highest BCUT2D eigenvalue weighted by molar-refractivity contribution is 5.69. The SMILES string of the molecule is CCOc1cc(CNC)ccc1OCCC(=O)OC. The van der Waals surface area contributed by atoms with Gasteiger partial charge in [-0.15, -0.1) is 0 Å². The molecule has 5 heteroatoms. The third kappa shape index (κ3) is 5.18. The normalized spacial score (nSPS) is 10.1. The van der Waals surface area contributed by atoms with Crippen LogP contribution in [0.25, 0.3) is 0 Å². The van der Waals surface area contributed by atoms with Crippen molar-refractivity contribution in [2.45, 2.75) is 19.9 Å². The van der Waals surface area contributed by atoms with Gasteiger partial charge in [0.15, 0.2) is 11.5 Å². The maximum atomic E-state index is 11.0. The van der Waals surface area contributed by atoms with E-state index in [1.165, 1.54) is 7.11 Å². The Labute approximate surface area is 113 Å². The molecule has 0 heterocycles. The average molecular weight is 267 g/mol. The molecule has 0 atom stereocenters. The van der Waals surface area contributed by atoms with Crippen LogP contribution in [0.15, 0.2) is 18.2 Å². The molecule has 0 fully saturated rings. The Balaban J connectivity index is 2.67. The van der Waals surface area contributed by atoms with Crippen molar-refractivity contribution >= 4 is 5.97 Å². The van der Waals surface area contributed by atoms with Crippen LogP contribution in [0.2, 0.25) is 0 Å². The minimum atomic E-state index is -0.287. The van der Waals surface area contributed by atoms with E-state index in [4.69, 9.17) is 9.47 Å². The van der Waals surface area contributed by atoms with Crippen LogP contribution in [0.3, 0.4) is 0 Å². The van der Waals surface area contributed by atoms with Crippen LogP contribution in [0.1, 0.15) is 18.9 Å². The highest BCUT2D eigenvalue weighted by Crippen LogP contribution is 2.28. The van der Waals surface area contributed by atoms with E-state index in [9.17, 15) is 4.79 Å². The van der Waals surface area contributed by atoms with Crippen molar-refractivity contribution < 1.29 is 19.0 Å². The second-order valence-electron chi connectivity index (χ2n) is 3.92. The molecule has 0 spiro atoms. The van der Waals surface area contributed by atoms with Crippen LogP contribution in [0.5, 0.6) is 11.5 Å². The van der Waals surface area contributed by atoms with Gasteiger partial charge >= 0.3 is 5.97 Å². The molecule has 0 bridgehead atoms. The fraction of sp³-hybridized carbons (Fsp3) is 0.500. The number of rotatable bonds is 8. The quantitative estimate of drug-likeness (QED) is 0.727. The third-order valence-electron chi connectivity index (χ3n) is 2.48. The van der Waals surface area contributed by atoms with E-state index in [1.54, 1.807) is 0 Å². The molecule has 1 N–H and O–H groups in total. The minimum absolute atomic E-state index is 0.223. The van der Waals surface area contributed by atoms with Crippen LogP contribution in [-0.2, 0) is 16.1 Å². The monoisotopic (exact) mass is 267 g/mol. The van der Waals surface area contributed by atoms with Gasteiger partial charge in [0, 0.05) is 6.54 Å². The van der Waals surface area contributed by atoms with Gasteiger partial charge < -0.3 is 19.5 Å². The van der Waals surface area contributed by atoms with E-state index in [-0.39, 0.29) is 19.0 Å². The van der Waals surface area contributed by atoms with Crippen LogP contribution in [0.4, 0.5) is 0 Å². The van der Waals surface area contributed by atoms with Gasteiger partial charge in [-0.1, -0.05) is 6.07 Å². The lowest BCUT2D eigenvalue weighted by molar-refractivity contribution is -0.141. The van der Waals surface area contributed by atoms with E-state index in [2.05, 4.69) is 10.1 Å². The predicted molar refractivity (Wildman–Crippen MR) is 72.5 cm³/mol. The number of nitrogens with one attached hydrogen (secondary N) is 1. The lowest BCUT2D eigenvalue weighted by Gasteiger charge is -2.13. The zero-order valence-electron chi connectivity index (χ0n) is 11.7. The van der Waals surface area contributed by atoms with Crippen molar-refractivity contribution in [2.24, 2.45) is 0 Å². The highest BCUT2D eigenvalue weighted by atomic mass is 16.5. The molecule has 0 aliphatic heterocycles. The molecule has 1 aromatic carbocycles. The fourth-order valence-corrected chi connectivity index (χ4v) is 1.60. The van der Waals surface area contributed by atoms with Crippen molar-refractivity contribution in [3.8, 4) is 11.5 Å². The Bertz CT molecular complexity index is 406. The van der Waals surface area contributed by atoms with E-state index < -0.39 is 0 Å². The molecule has 0 radical (unpaired) electrons. The number of benzene rings is 1. The Kier molecular flexibility index (Phi) is 6.74. The number of esters is 1. The molecule has 0 saturated heterocycles. The second-order valence-corrected chi connectivity index (χ2v) is 3.92. The number of ether oxygens (including phenoxy) is 3. The first kappa shape index (κ1) is 15.3. The van der Waals surface area contributed by atoms with Crippen molar-refractivity contribution in [1.29, 1.82) is 0 Å². The summed E-state index contributed by atoms with van der Waals surface area (Å²) < 4.78 is 15.6. The molecular formula is C14H21NO4. The molecule has 0 unspecified atom stereocenters. The van der Waals surface area contributed by atoms with Crippen molar-refractivity contribution in [3.63, 3.8) is 0 Å². The second kappa shape index (κ2) is 8.37. The summed E-state index contributed by atoms with van der Waals surface area (Å²) >= 11 is 0. The predicted octanol–water partition coefficient (Wildman–Crippen LogP) is 1.75. The van der Waals surface area contributed by atoms with Crippen LogP contribution >= 0.6 is 0 Å². The maximum absolute atomic E-state index is 11.0. The van der Waals surface area contributed by atoms with Crippen molar-refractivity contribution in [3.05, 3.63) is 23.8 Å². The number of carbonyl (C=O) groups excluding carboxylic acids is 1. The first-order valence-corrected chi connectivity index (χ1v) is 6.31. The van der Waals surface area contributed by atoms with E-state index in [0.717, 1.165) is 12.1 Å². The van der Waals surface area contributed by atoms with Crippen LogP contribution < -0.4 is 14.8 Å². The van der Waals surface area contributed by atoms with E-state index in [1.807, 2.05) is 32.2 Å². The molecule has 1 aromatic rings. The smallest absolute Gasteiger partial charge is 0.308 e. The lowest BCUT2D eigenvalue weighted by atomic mass is 10.2. The lowest BCUT2D eigenvalue weighted by Crippen LogP contribution is -2.09. The summed E-state index contributed by atoms with van der Waals surface area (Å²) in [5, 5.41) is 3.08. The Morgan fingerprint density at radius 3 is 2.68 bits per heavy atom. The number of hydrogen-bond acceptors (Lipinski definition) is 5. The van der Waals surface area contributed by atoms with Gasteiger partial charge in [-0.2, -0.15) is 0 Å². The molecule has 19 heavy (non-hydrogen) atoms. The summed E-state index contributed by atoms with van der Waals surface area (Å²) in [5.74, 6) is 1.05. The molecular weight excluding hydrogens is 246 g/mol. The summed E-state index contributed by atoms with van der Waals surface area (Å²) in [6, 6.07) is 5.76. The largest absolute Gasteiger partial charge is 0.490 e. The van der Waals surface area contributed by atoms with Gasteiger partial charge in [-0.25, -0.2) is 0 Å². The highest BCUT2D eigenvalue weighted by Gasteiger charge is 2.08. The standard InChI is InChI=1S/C14H21NO4/c1-4-18-13-9-11(10-15-2)5-6-12(13)19-8-7-14(16)17-3/h5-6,9,15H,4,7-8,10H2,1-3H3. The summed E-state index contributed by atoms with van der Waals surface area (Å²) in [6.07, 6.45) is 0.223. The van der Waals surface area contributed by atoms with Crippen molar-refractivity contribution in [2.75, 3.05) is 27.4 Å². The molecule has 5 nitrogen and oxygen atoms in total. The molecule has 0 saturated carbocycles. The minimum Gasteiger partial charge on any atom is -0.490 e. The first-order valence-electron chi connectivity index (χ1n) is 6.31. The molecule has 1 rings (SSSR count). The van der Waals surface area contributed by atoms with Gasteiger partial charge in [-0.05, 0) is 31.7 Å². The average Bonchev–Trinajstić information content (AvgIpc) is 2.41. The molecule has 0 aliphatic rings. The van der Waals surface area contributed by atoms with Gasteiger partial charge in [0.1, 0.15) is 0 Å². The topological polar surface area (TPSA) is 56.8 Å². The summed E-state index contributed by atoms with van der Waals surface area (Å²) in [4.78, 5) is 11.0. The van der Waals surface area contributed by atoms with Gasteiger partial charge in [0.05, 0.1) is 26.7 Å². The van der Waals surface area contributed by atoms with Crippen LogP contribution in [-0.4, -0.2) is 33.3 Å². The fourth-order valence-electron chi connectivity index (χ4n) is 1.60. The van der Waals surface area contributed by atoms with Gasteiger partial charge in [-0.3, -0.25) is 4.79 Å². The van der Waals surface area contributed by atoms with Gasteiger partial charge in [0.2, 0.25) is 0 Å². The Hall–Kier alpha value is -1.75.